The molecule has 0 aromatic carbocycles. The molecule has 1 rings (SSSR count). The summed E-state index contributed by atoms with van der Waals surface area (Å²) in [5, 5.41) is 2.99. The van der Waals surface area contributed by atoms with E-state index in [-0.39, 0.29) is 5.91 Å². The molecule has 0 unspecified atom stereocenters. The molecule has 0 radical (unpaired) electrons. The van der Waals surface area contributed by atoms with Crippen LogP contribution in [0.25, 0.3) is 0 Å². The third-order valence-corrected chi connectivity index (χ3v) is 2.53. The fraction of sp³-hybridized carbons (Fsp3) is 0.889. The van der Waals surface area contributed by atoms with Gasteiger partial charge in [0.15, 0.2) is 0 Å². The molecule has 0 heterocycles. The van der Waals surface area contributed by atoms with Gasteiger partial charge < -0.3 is 10.2 Å². The maximum Gasteiger partial charge on any atom is 0.217 e. The van der Waals surface area contributed by atoms with E-state index >= 15 is 0 Å². The minimum absolute atomic E-state index is 0.0914. The van der Waals surface area contributed by atoms with Crippen LogP contribution >= 0.6 is 0 Å². The minimum atomic E-state index is 0.0914. The van der Waals surface area contributed by atoms with Gasteiger partial charge in [-0.25, -0.2) is 0 Å². The van der Waals surface area contributed by atoms with Gasteiger partial charge in [-0.3, -0.25) is 4.79 Å². The molecule has 0 aromatic heterocycles. The van der Waals surface area contributed by atoms with E-state index in [1.807, 2.05) is 0 Å². The lowest BCUT2D eigenvalue weighted by Crippen LogP contribution is -2.45. The summed E-state index contributed by atoms with van der Waals surface area (Å²) >= 11 is 0. The Morgan fingerprint density at radius 2 is 2.08 bits per heavy atom. The van der Waals surface area contributed by atoms with Crippen LogP contribution in [0.2, 0.25) is 0 Å². The Morgan fingerprint density at radius 3 is 2.58 bits per heavy atom. The lowest BCUT2D eigenvalue weighted by Gasteiger charge is -2.26. The first-order valence-electron chi connectivity index (χ1n) is 4.55. The number of likely N-dealkylation sites (N-methyl/N-ethyl adjacent to an activating group) is 1. The van der Waals surface area contributed by atoms with Gasteiger partial charge in [-0.05, 0) is 33.4 Å². The van der Waals surface area contributed by atoms with Gasteiger partial charge in [-0.1, -0.05) is 0 Å². The monoisotopic (exact) mass is 170 g/mol. The Bertz CT molecular complexity index is 168. The van der Waals surface area contributed by atoms with Crippen molar-refractivity contribution in [1.29, 1.82) is 0 Å². The van der Waals surface area contributed by atoms with E-state index in [4.69, 9.17) is 0 Å². The fourth-order valence-corrected chi connectivity index (χ4v) is 1.99. The van der Waals surface area contributed by atoms with Crippen LogP contribution < -0.4 is 5.32 Å². The van der Waals surface area contributed by atoms with Gasteiger partial charge in [0.2, 0.25) is 5.91 Å². The molecule has 12 heavy (non-hydrogen) atoms. The second-order valence-electron chi connectivity index (χ2n) is 3.77. The summed E-state index contributed by atoms with van der Waals surface area (Å²) in [5.41, 5.74) is 0. The summed E-state index contributed by atoms with van der Waals surface area (Å²) in [5.74, 6) is 0.0914. The third kappa shape index (κ3) is 2.21. The van der Waals surface area contributed by atoms with Gasteiger partial charge in [0.1, 0.15) is 0 Å². The summed E-state index contributed by atoms with van der Waals surface area (Å²) < 4.78 is 0. The molecule has 3 heteroatoms. The summed E-state index contributed by atoms with van der Waals surface area (Å²) in [6.07, 6.45) is 3.56. The Kier molecular flexibility index (Phi) is 3.09. The highest BCUT2D eigenvalue weighted by molar-refractivity contribution is 5.73. The minimum Gasteiger partial charge on any atom is -0.352 e. The third-order valence-electron chi connectivity index (χ3n) is 2.53. The largest absolute Gasteiger partial charge is 0.352 e. The molecule has 0 aromatic rings. The van der Waals surface area contributed by atoms with Crippen molar-refractivity contribution in [2.75, 3.05) is 14.1 Å². The zero-order valence-corrected chi connectivity index (χ0v) is 8.13. The predicted molar refractivity (Wildman–Crippen MR) is 48.9 cm³/mol. The van der Waals surface area contributed by atoms with Crippen molar-refractivity contribution in [3.05, 3.63) is 0 Å². The summed E-state index contributed by atoms with van der Waals surface area (Å²) in [6.45, 7) is 1.59. The molecule has 1 fully saturated rings. The smallest absolute Gasteiger partial charge is 0.217 e. The molecule has 1 N–H and O–H groups in total. The van der Waals surface area contributed by atoms with Crippen molar-refractivity contribution in [2.24, 2.45) is 0 Å². The van der Waals surface area contributed by atoms with E-state index in [9.17, 15) is 4.79 Å². The van der Waals surface area contributed by atoms with Crippen molar-refractivity contribution in [2.45, 2.75) is 38.3 Å². The van der Waals surface area contributed by atoms with Gasteiger partial charge in [-0.2, -0.15) is 0 Å². The average molecular weight is 170 g/mol. The van der Waals surface area contributed by atoms with Crippen molar-refractivity contribution in [1.82, 2.24) is 10.2 Å². The number of carbonyl (C=O) groups is 1. The Labute approximate surface area is 74.1 Å². The molecule has 2 atom stereocenters. The van der Waals surface area contributed by atoms with Crippen LogP contribution in [-0.4, -0.2) is 37.0 Å². The maximum atomic E-state index is 10.8. The van der Waals surface area contributed by atoms with E-state index in [0.717, 1.165) is 6.42 Å². The van der Waals surface area contributed by atoms with E-state index in [1.54, 1.807) is 6.92 Å². The topological polar surface area (TPSA) is 32.3 Å². The molecule has 0 spiro atoms. The van der Waals surface area contributed by atoms with Crippen molar-refractivity contribution in [3.8, 4) is 0 Å². The molecule has 1 aliphatic carbocycles. The lowest BCUT2D eigenvalue weighted by atomic mass is 10.1. The van der Waals surface area contributed by atoms with Gasteiger partial charge in [0, 0.05) is 19.0 Å². The molecule has 0 bridgehead atoms. The molecular formula is C9H18N2O. The highest BCUT2D eigenvalue weighted by Gasteiger charge is 2.28. The van der Waals surface area contributed by atoms with Crippen LogP contribution in [0.15, 0.2) is 0 Å². The Balaban J connectivity index is 2.46. The molecule has 0 aliphatic heterocycles. The van der Waals surface area contributed by atoms with E-state index in [0.29, 0.717) is 12.1 Å². The zero-order chi connectivity index (χ0) is 9.14. The molecular weight excluding hydrogens is 152 g/mol. The van der Waals surface area contributed by atoms with Gasteiger partial charge in [0.05, 0.1) is 0 Å². The summed E-state index contributed by atoms with van der Waals surface area (Å²) in [6, 6.07) is 0.909. The highest BCUT2D eigenvalue weighted by atomic mass is 16.1. The zero-order valence-electron chi connectivity index (χ0n) is 8.13. The quantitative estimate of drug-likeness (QED) is 0.658. The highest BCUT2D eigenvalue weighted by Crippen LogP contribution is 2.22. The number of hydrogen-bond donors (Lipinski definition) is 1. The van der Waals surface area contributed by atoms with E-state index in [1.165, 1.54) is 12.8 Å². The average Bonchev–Trinajstić information content (AvgIpc) is 2.33. The SMILES string of the molecule is CC(=O)N[C@@H]1CCC[C@H]1N(C)C. The first-order chi connectivity index (χ1) is 5.61. The van der Waals surface area contributed by atoms with Gasteiger partial charge in [0.25, 0.3) is 0 Å². The number of rotatable bonds is 2. The number of carbonyl (C=O) groups excluding carboxylic acids is 1. The van der Waals surface area contributed by atoms with Crippen molar-refractivity contribution >= 4 is 5.91 Å². The van der Waals surface area contributed by atoms with Crippen LogP contribution in [0.5, 0.6) is 0 Å². The van der Waals surface area contributed by atoms with Crippen molar-refractivity contribution in [3.63, 3.8) is 0 Å². The predicted octanol–water partition coefficient (Wildman–Crippen LogP) is 0.605. The standard InChI is InChI=1S/C9H18N2O/c1-7(12)10-8-5-4-6-9(8)11(2)3/h8-9H,4-6H2,1-3H3,(H,10,12)/t8-,9-/m1/s1. The first kappa shape index (κ1) is 9.52. The van der Waals surface area contributed by atoms with E-state index in [2.05, 4.69) is 24.3 Å². The van der Waals surface area contributed by atoms with Crippen LogP contribution in [0.4, 0.5) is 0 Å². The molecule has 0 saturated heterocycles. The molecule has 3 nitrogen and oxygen atoms in total. The second kappa shape index (κ2) is 3.90. The lowest BCUT2D eigenvalue weighted by molar-refractivity contribution is -0.119. The van der Waals surface area contributed by atoms with Gasteiger partial charge >= 0.3 is 0 Å². The van der Waals surface area contributed by atoms with Crippen molar-refractivity contribution < 1.29 is 4.79 Å². The molecule has 1 saturated carbocycles. The molecule has 70 valence electrons. The summed E-state index contributed by atoms with van der Waals surface area (Å²) in [4.78, 5) is 13.0. The van der Waals surface area contributed by atoms with Crippen LogP contribution in [0.1, 0.15) is 26.2 Å². The van der Waals surface area contributed by atoms with Crippen LogP contribution in [0.3, 0.4) is 0 Å². The maximum absolute atomic E-state index is 10.8. The Hall–Kier alpha value is -0.570. The normalized spacial score (nSPS) is 29.3. The number of nitrogens with one attached hydrogen (secondary N) is 1. The summed E-state index contributed by atoms with van der Waals surface area (Å²) in [7, 11) is 4.15. The van der Waals surface area contributed by atoms with Gasteiger partial charge in [-0.15, -0.1) is 0 Å². The second-order valence-corrected chi connectivity index (χ2v) is 3.77. The number of amides is 1. The number of hydrogen-bond acceptors (Lipinski definition) is 2. The van der Waals surface area contributed by atoms with E-state index < -0.39 is 0 Å². The van der Waals surface area contributed by atoms with Crippen LogP contribution in [-0.2, 0) is 4.79 Å². The molecule has 1 aliphatic rings. The Morgan fingerprint density at radius 1 is 1.42 bits per heavy atom. The first-order valence-corrected chi connectivity index (χ1v) is 4.55. The number of nitrogens with zero attached hydrogens (tertiary/aromatic N) is 1. The van der Waals surface area contributed by atoms with Crippen LogP contribution in [0, 0.1) is 0 Å². The fourth-order valence-electron chi connectivity index (χ4n) is 1.99. The molecule has 1 amide bonds.